The second-order valence-electron chi connectivity index (χ2n) is 8.65. The van der Waals surface area contributed by atoms with Crippen molar-refractivity contribution in [3.63, 3.8) is 0 Å². The van der Waals surface area contributed by atoms with Gasteiger partial charge >= 0.3 is 12.1 Å². The molecule has 0 atom stereocenters. The molecule has 0 bridgehead atoms. The van der Waals surface area contributed by atoms with Gasteiger partial charge in [0.05, 0.1) is 22.2 Å². The lowest BCUT2D eigenvalue weighted by Gasteiger charge is -2.34. The Morgan fingerprint density at radius 1 is 0.886 bits per heavy atom. The second-order valence-corrected chi connectivity index (χ2v) is 8.65. The summed E-state index contributed by atoms with van der Waals surface area (Å²) in [5.74, 6) is -0.197. The Kier molecular flexibility index (Phi) is 5.88. The van der Waals surface area contributed by atoms with Crippen molar-refractivity contribution in [3.05, 3.63) is 89.5 Å². The van der Waals surface area contributed by atoms with Crippen LogP contribution in [0.3, 0.4) is 0 Å². The fourth-order valence-corrected chi connectivity index (χ4v) is 4.56. The Morgan fingerprint density at radius 2 is 1.57 bits per heavy atom. The monoisotopic (exact) mass is 477 g/mol. The van der Waals surface area contributed by atoms with Gasteiger partial charge in [-0.1, -0.05) is 42.5 Å². The maximum absolute atomic E-state index is 12.9. The number of alkyl halides is 3. The highest BCUT2D eigenvalue weighted by atomic mass is 19.4. The molecule has 1 aromatic heterocycles. The van der Waals surface area contributed by atoms with Crippen molar-refractivity contribution in [1.29, 1.82) is 0 Å². The summed E-state index contributed by atoms with van der Waals surface area (Å²) in [5, 5.41) is 9.37. The minimum atomic E-state index is -4.34. The quantitative estimate of drug-likeness (QED) is 0.369. The van der Waals surface area contributed by atoms with E-state index in [1.807, 2.05) is 30.3 Å². The van der Waals surface area contributed by atoms with Crippen molar-refractivity contribution in [1.82, 2.24) is 9.97 Å². The van der Waals surface area contributed by atoms with Gasteiger partial charge in [-0.25, -0.2) is 14.8 Å². The first-order valence-electron chi connectivity index (χ1n) is 11.3. The number of carboxylic acid groups (broad SMARTS) is 1. The van der Waals surface area contributed by atoms with Gasteiger partial charge in [-0.2, -0.15) is 13.2 Å². The summed E-state index contributed by atoms with van der Waals surface area (Å²) in [6, 6.07) is 19.8. The molecule has 2 heterocycles. The average molecular weight is 477 g/mol. The standard InChI is InChI=1S/C27H22F3N3O2/c28-27(29,30)21-9-6-17(7-10-21)18-12-14-33(15-13-18)25-24(19-4-2-1-3-5-19)31-22-11-8-20(26(34)35)16-23(22)32-25/h1-11,16,18H,12-15H2,(H,34,35). The number of hydrogen-bond donors (Lipinski definition) is 1. The summed E-state index contributed by atoms with van der Waals surface area (Å²) >= 11 is 0. The molecule has 0 radical (unpaired) electrons. The van der Waals surface area contributed by atoms with Gasteiger partial charge in [0.15, 0.2) is 5.82 Å². The third-order valence-electron chi connectivity index (χ3n) is 6.44. The number of aromatic carboxylic acids is 1. The number of hydrogen-bond acceptors (Lipinski definition) is 4. The van der Waals surface area contributed by atoms with Crippen LogP contribution < -0.4 is 4.90 Å². The molecule has 0 unspecified atom stereocenters. The highest BCUT2D eigenvalue weighted by molar-refractivity contribution is 5.93. The Balaban J connectivity index is 1.45. The summed E-state index contributed by atoms with van der Waals surface area (Å²) in [5.41, 5.74) is 3.14. The number of carboxylic acids is 1. The predicted molar refractivity (Wildman–Crippen MR) is 128 cm³/mol. The molecule has 0 aliphatic carbocycles. The summed E-state index contributed by atoms with van der Waals surface area (Å²) in [4.78, 5) is 23.2. The minimum Gasteiger partial charge on any atom is -0.478 e. The third kappa shape index (κ3) is 4.69. The van der Waals surface area contributed by atoms with E-state index in [-0.39, 0.29) is 11.5 Å². The van der Waals surface area contributed by atoms with Gasteiger partial charge in [0.25, 0.3) is 0 Å². The van der Waals surface area contributed by atoms with Crippen LogP contribution in [0.15, 0.2) is 72.8 Å². The van der Waals surface area contributed by atoms with Gasteiger partial charge in [0.1, 0.15) is 5.69 Å². The molecular formula is C27H22F3N3O2. The zero-order valence-electron chi connectivity index (χ0n) is 18.7. The second kappa shape index (κ2) is 9.02. The Morgan fingerprint density at radius 3 is 2.20 bits per heavy atom. The van der Waals surface area contributed by atoms with Crippen LogP contribution in [0.25, 0.3) is 22.3 Å². The highest BCUT2D eigenvalue weighted by Crippen LogP contribution is 2.36. The molecule has 178 valence electrons. The number of rotatable bonds is 4. The van der Waals surface area contributed by atoms with Crippen LogP contribution in [0.4, 0.5) is 19.0 Å². The minimum absolute atomic E-state index is 0.145. The Labute approximate surface area is 199 Å². The van der Waals surface area contributed by atoms with Crippen LogP contribution in [0.2, 0.25) is 0 Å². The molecule has 1 aliphatic rings. The first-order chi connectivity index (χ1) is 16.8. The van der Waals surface area contributed by atoms with Crippen molar-refractivity contribution in [2.24, 2.45) is 0 Å². The lowest BCUT2D eigenvalue weighted by molar-refractivity contribution is -0.137. The summed E-state index contributed by atoms with van der Waals surface area (Å²) in [7, 11) is 0. The molecule has 0 saturated carbocycles. The van der Waals surface area contributed by atoms with E-state index in [2.05, 4.69) is 4.90 Å². The van der Waals surface area contributed by atoms with Crippen LogP contribution in [0, 0.1) is 0 Å². The number of aromatic nitrogens is 2. The van der Waals surface area contributed by atoms with Crippen LogP contribution in [0.1, 0.15) is 40.2 Å². The van der Waals surface area contributed by atoms with Crippen molar-refractivity contribution in [2.45, 2.75) is 24.9 Å². The van der Waals surface area contributed by atoms with E-state index in [0.29, 0.717) is 35.6 Å². The van der Waals surface area contributed by atoms with E-state index in [1.54, 1.807) is 18.2 Å². The number of carbonyl (C=O) groups is 1. The topological polar surface area (TPSA) is 66.3 Å². The molecular weight excluding hydrogens is 455 g/mol. The SMILES string of the molecule is O=C(O)c1ccc2nc(-c3ccccc3)c(N3CCC(c4ccc(C(F)(F)F)cc4)CC3)nc2c1. The number of benzene rings is 3. The molecule has 1 N–H and O–H groups in total. The predicted octanol–water partition coefficient (Wildman–Crippen LogP) is 6.40. The molecule has 8 heteroatoms. The van der Waals surface area contributed by atoms with E-state index in [1.165, 1.54) is 12.1 Å². The Bertz CT molecular complexity index is 1360. The largest absolute Gasteiger partial charge is 0.478 e. The van der Waals surface area contributed by atoms with E-state index >= 15 is 0 Å². The van der Waals surface area contributed by atoms with Crippen molar-refractivity contribution in [2.75, 3.05) is 18.0 Å². The first kappa shape index (κ1) is 22.8. The lowest BCUT2D eigenvalue weighted by Crippen LogP contribution is -2.34. The molecule has 4 aromatic rings. The lowest BCUT2D eigenvalue weighted by atomic mass is 9.89. The van der Waals surface area contributed by atoms with Crippen LogP contribution in [0.5, 0.6) is 0 Å². The van der Waals surface area contributed by atoms with Gasteiger partial charge < -0.3 is 10.0 Å². The molecule has 1 aliphatic heterocycles. The maximum Gasteiger partial charge on any atom is 0.416 e. The van der Waals surface area contributed by atoms with Gasteiger partial charge in [-0.05, 0) is 54.7 Å². The number of halogens is 3. The number of nitrogens with zero attached hydrogens (tertiary/aromatic N) is 3. The first-order valence-corrected chi connectivity index (χ1v) is 11.3. The summed E-state index contributed by atoms with van der Waals surface area (Å²) in [6.45, 7) is 1.31. The van der Waals surface area contributed by atoms with E-state index in [0.717, 1.165) is 36.1 Å². The fraction of sp³-hybridized carbons (Fsp3) is 0.222. The molecule has 0 amide bonds. The van der Waals surface area contributed by atoms with E-state index in [9.17, 15) is 23.1 Å². The van der Waals surface area contributed by atoms with Gasteiger partial charge in [-0.3, -0.25) is 0 Å². The van der Waals surface area contributed by atoms with Crippen molar-refractivity contribution < 1.29 is 23.1 Å². The Hall–Kier alpha value is -3.94. The zero-order chi connectivity index (χ0) is 24.6. The maximum atomic E-state index is 12.9. The van der Waals surface area contributed by atoms with Crippen molar-refractivity contribution >= 4 is 22.8 Å². The zero-order valence-corrected chi connectivity index (χ0v) is 18.7. The molecule has 1 saturated heterocycles. The molecule has 0 spiro atoms. The number of anilines is 1. The summed E-state index contributed by atoms with van der Waals surface area (Å²) in [6.07, 6.45) is -2.83. The van der Waals surface area contributed by atoms with Gasteiger partial charge in [0, 0.05) is 18.7 Å². The van der Waals surface area contributed by atoms with Gasteiger partial charge in [-0.15, -0.1) is 0 Å². The average Bonchev–Trinajstić information content (AvgIpc) is 2.88. The number of piperidine rings is 1. The normalized spacial score (nSPS) is 14.9. The summed E-state index contributed by atoms with van der Waals surface area (Å²) < 4.78 is 38.7. The molecule has 5 nitrogen and oxygen atoms in total. The highest BCUT2D eigenvalue weighted by Gasteiger charge is 2.31. The van der Waals surface area contributed by atoms with Crippen molar-refractivity contribution in [3.8, 4) is 11.3 Å². The molecule has 35 heavy (non-hydrogen) atoms. The van der Waals surface area contributed by atoms with Crippen LogP contribution in [-0.4, -0.2) is 34.1 Å². The molecule has 3 aromatic carbocycles. The molecule has 5 rings (SSSR count). The van der Waals surface area contributed by atoms with Gasteiger partial charge in [0.2, 0.25) is 0 Å². The molecule has 1 fully saturated rings. The smallest absolute Gasteiger partial charge is 0.416 e. The third-order valence-corrected chi connectivity index (χ3v) is 6.44. The van der Waals surface area contributed by atoms with E-state index in [4.69, 9.17) is 9.97 Å². The van der Waals surface area contributed by atoms with Crippen LogP contribution in [-0.2, 0) is 6.18 Å². The van der Waals surface area contributed by atoms with E-state index < -0.39 is 17.7 Å². The number of fused-ring (bicyclic) bond motifs is 1. The van der Waals surface area contributed by atoms with Crippen LogP contribution >= 0.6 is 0 Å². The fourth-order valence-electron chi connectivity index (χ4n) is 4.56.